The van der Waals surface area contributed by atoms with Crippen molar-refractivity contribution in [2.24, 2.45) is 0 Å². The Morgan fingerprint density at radius 3 is 3.18 bits per heavy atom. The first kappa shape index (κ1) is 10.1. The number of hydrogen-bond acceptors (Lipinski definition) is 3. The maximum Gasteiger partial charge on any atom is 0.170 e. The standard InChI is InChI=1S/C13H13N3O/c1-2-4-11-10(3-1)5-6-13(17-11)16-9-12-14-7-8-15-12/h1-8,13,16H,9H2,(H,14,15). The summed E-state index contributed by atoms with van der Waals surface area (Å²) in [5, 5.41) is 3.26. The van der Waals surface area contributed by atoms with E-state index in [1.54, 1.807) is 6.20 Å². The van der Waals surface area contributed by atoms with Crippen LogP contribution in [-0.2, 0) is 6.54 Å². The molecule has 0 bridgehead atoms. The van der Waals surface area contributed by atoms with Gasteiger partial charge in [0, 0.05) is 18.0 Å². The third kappa shape index (κ3) is 2.21. The molecule has 0 fully saturated rings. The summed E-state index contributed by atoms with van der Waals surface area (Å²) in [5.41, 5.74) is 1.11. The van der Waals surface area contributed by atoms with Crippen LogP contribution in [0.1, 0.15) is 11.4 Å². The van der Waals surface area contributed by atoms with Crippen molar-refractivity contribution in [3.8, 4) is 5.75 Å². The zero-order chi connectivity index (χ0) is 11.5. The number of nitrogens with zero attached hydrogens (tertiary/aromatic N) is 1. The van der Waals surface area contributed by atoms with Crippen molar-refractivity contribution >= 4 is 6.08 Å². The van der Waals surface area contributed by atoms with E-state index >= 15 is 0 Å². The summed E-state index contributed by atoms with van der Waals surface area (Å²) >= 11 is 0. The molecule has 0 aliphatic carbocycles. The average Bonchev–Trinajstić information content (AvgIpc) is 2.89. The molecule has 4 heteroatoms. The predicted molar refractivity (Wildman–Crippen MR) is 65.3 cm³/mol. The first-order valence-electron chi connectivity index (χ1n) is 5.57. The quantitative estimate of drug-likeness (QED) is 0.842. The molecule has 0 radical (unpaired) electrons. The second kappa shape index (κ2) is 4.43. The van der Waals surface area contributed by atoms with Crippen LogP contribution < -0.4 is 10.1 Å². The Labute approximate surface area is 99.3 Å². The van der Waals surface area contributed by atoms with Crippen LogP contribution in [0.15, 0.2) is 42.7 Å². The predicted octanol–water partition coefficient (Wildman–Crippen LogP) is 1.93. The largest absolute Gasteiger partial charge is 0.471 e. The summed E-state index contributed by atoms with van der Waals surface area (Å²) in [6.45, 7) is 0.657. The number of ether oxygens (including phenoxy) is 1. The minimum absolute atomic E-state index is 0.102. The van der Waals surface area contributed by atoms with Gasteiger partial charge in [-0.05, 0) is 12.1 Å². The van der Waals surface area contributed by atoms with Gasteiger partial charge >= 0.3 is 0 Å². The molecule has 17 heavy (non-hydrogen) atoms. The van der Waals surface area contributed by atoms with Crippen molar-refractivity contribution in [1.82, 2.24) is 15.3 Å². The molecule has 0 amide bonds. The molecule has 1 aromatic heterocycles. The van der Waals surface area contributed by atoms with E-state index in [1.807, 2.05) is 36.5 Å². The van der Waals surface area contributed by atoms with E-state index in [4.69, 9.17) is 4.74 Å². The molecule has 1 aliphatic heterocycles. The van der Waals surface area contributed by atoms with Crippen LogP contribution in [0, 0.1) is 0 Å². The van der Waals surface area contributed by atoms with Crippen LogP contribution in [0.3, 0.4) is 0 Å². The lowest BCUT2D eigenvalue weighted by Gasteiger charge is -2.21. The Morgan fingerprint density at radius 2 is 2.29 bits per heavy atom. The molecule has 1 unspecified atom stereocenters. The lowest BCUT2D eigenvalue weighted by atomic mass is 10.1. The van der Waals surface area contributed by atoms with Crippen molar-refractivity contribution in [3.63, 3.8) is 0 Å². The number of aromatic nitrogens is 2. The Morgan fingerprint density at radius 1 is 1.35 bits per heavy atom. The average molecular weight is 227 g/mol. The Hall–Kier alpha value is -2.07. The Balaban J connectivity index is 1.65. The van der Waals surface area contributed by atoms with Gasteiger partial charge in [-0.25, -0.2) is 4.98 Å². The molecule has 0 saturated heterocycles. The van der Waals surface area contributed by atoms with Gasteiger partial charge in [0.1, 0.15) is 11.6 Å². The van der Waals surface area contributed by atoms with Gasteiger partial charge in [0.15, 0.2) is 6.23 Å². The fourth-order valence-corrected chi connectivity index (χ4v) is 1.79. The molecule has 86 valence electrons. The topological polar surface area (TPSA) is 49.9 Å². The van der Waals surface area contributed by atoms with Gasteiger partial charge in [-0.15, -0.1) is 0 Å². The summed E-state index contributed by atoms with van der Waals surface area (Å²) in [6.07, 6.45) is 7.52. The van der Waals surface area contributed by atoms with Crippen LogP contribution in [0.5, 0.6) is 5.75 Å². The number of nitrogens with one attached hydrogen (secondary N) is 2. The molecular weight excluding hydrogens is 214 g/mol. The number of hydrogen-bond donors (Lipinski definition) is 2. The van der Waals surface area contributed by atoms with Gasteiger partial charge in [0.05, 0.1) is 6.54 Å². The van der Waals surface area contributed by atoms with E-state index in [-0.39, 0.29) is 6.23 Å². The smallest absolute Gasteiger partial charge is 0.170 e. The van der Waals surface area contributed by atoms with Crippen LogP contribution in [0.2, 0.25) is 0 Å². The molecule has 2 N–H and O–H groups in total. The molecular formula is C13H13N3O. The molecule has 1 aromatic carbocycles. The molecule has 2 aromatic rings. The fraction of sp³-hybridized carbons (Fsp3) is 0.154. The third-order valence-corrected chi connectivity index (χ3v) is 2.65. The van der Waals surface area contributed by atoms with Crippen molar-refractivity contribution < 1.29 is 4.74 Å². The van der Waals surface area contributed by atoms with Crippen LogP contribution in [-0.4, -0.2) is 16.2 Å². The number of H-pyrrole nitrogens is 1. The number of fused-ring (bicyclic) bond motifs is 1. The summed E-state index contributed by atoms with van der Waals surface area (Å²) in [4.78, 5) is 7.19. The normalized spacial score (nSPS) is 17.5. The lowest BCUT2D eigenvalue weighted by molar-refractivity contribution is 0.204. The summed E-state index contributed by atoms with van der Waals surface area (Å²) in [6, 6.07) is 7.99. The number of aromatic amines is 1. The number of para-hydroxylation sites is 1. The van der Waals surface area contributed by atoms with Crippen LogP contribution >= 0.6 is 0 Å². The van der Waals surface area contributed by atoms with Gasteiger partial charge < -0.3 is 9.72 Å². The van der Waals surface area contributed by atoms with E-state index in [9.17, 15) is 0 Å². The van der Waals surface area contributed by atoms with E-state index in [1.165, 1.54) is 0 Å². The highest BCUT2D eigenvalue weighted by atomic mass is 16.5. The highest BCUT2D eigenvalue weighted by Crippen LogP contribution is 2.24. The maximum atomic E-state index is 5.79. The van der Waals surface area contributed by atoms with Gasteiger partial charge in [0.25, 0.3) is 0 Å². The monoisotopic (exact) mass is 227 g/mol. The van der Waals surface area contributed by atoms with Gasteiger partial charge in [-0.2, -0.15) is 0 Å². The zero-order valence-electron chi connectivity index (χ0n) is 9.26. The zero-order valence-corrected chi connectivity index (χ0v) is 9.26. The second-order valence-corrected chi connectivity index (χ2v) is 3.85. The molecule has 0 spiro atoms. The third-order valence-electron chi connectivity index (χ3n) is 2.65. The van der Waals surface area contributed by atoms with Gasteiger partial charge in [-0.3, -0.25) is 5.32 Å². The number of benzene rings is 1. The minimum Gasteiger partial charge on any atom is -0.471 e. The summed E-state index contributed by atoms with van der Waals surface area (Å²) < 4.78 is 5.79. The van der Waals surface area contributed by atoms with E-state index in [2.05, 4.69) is 21.4 Å². The molecule has 0 saturated carbocycles. The lowest BCUT2D eigenvalue weighted by Crippen LogP contribution is -2.33. The first-order valence-corrected chi connectivity index (χ1v) is 5.57. The van der Waals surface area contributed by atoms with E-state index in [0.717, 1.165) is 17.1 Å². The van der Waals surface area contributed by atoms with Crippen LogP contribution in [0.25, 0.3) is 6.08 Å². The van der Waals surface area contributed by atoms with Crippen molar-refractivity contribution in [1.29, 1.82) is 0 Å². The number of imidazole rings is 1. The first-order chi connectivity index (χ1) is 8.42. The number of rotatable bonds is 3. The van der Waals surface area contributed by atoms with Gasteiger partial charge in [-0.1, -0.05) is 24.3 Å². The van der Waals surface area contributed by atoms with Crippen molar-refractivity contribution in [2.45, 2.75) is 12.8 Å². The Kier molecular flexibility index (Phi) is 2.63. The SMILES string of the molecule is C1=CC(NCc2ncc[nH]2)Oc2ccccc21. The van der Waals surface area contributed by atoms with Crippen molar-refractivity contribution in [3.05, 3.63) is 54.1 Å². The molecule has 1 atom stereocenters. The molecule has 1 aliphatic rings. The minimum atomic E-state index is -0.102. The molecule has 3 rings (SSSR count). The Bertz CT molecular complexity index is 519. The molecule has 2 heterocycles. The highest BCUT2D eigenvalue weighted by Gasteiger charge is 2.13. The van der Waals surface area contributed by atoms with Gasteiger partial charge in [0.2, 0.25) is 0 Å². The van der Waals surface area contributed by atoms with Crippen LogP contribution in [0.4, 0.5) is 0 Å². The van der Waals surface area contributed by atoms with E-state index < -0.39 is 0 Å². The summed E-state index contributed by atoms with van der Waals surface area (Å²) in [5.74, 6) is 1.81. The summed E-state index contributed by atoms with van der Waals surface area (Å²) in [7, 11) is 0. The fourth-order valence-electron chi connectivity index (χ4n) is 1.79. The van der Waals surface area contributed by atoms with E-state index in [0.29, 0.717) is 6.54 Å². The highest BCUT2D eigenvalue weighted by molar-refractivity contribution is 5.59. The second-order valence-electron chi connectivity index (χ2n) is 3.85. The molecule has 4 nitrogen and oxygen atoms in total. The van der Waals surface area contributed by atoms with Crippen molar-refractivity contribution in [2.75, 3.05) is 0 Å². The maximum absolute atomic E-state index is 5.79.